The van der Waals surface area contributed by atoms with E-state index in [0.29, 0.717) is 10.7 Å². The van der Waals surface area contributed by atoms with E-state index in [2.05, 4.69) is 53.3 Å². The van der Waals surface area contributed by atoms with E-state index < -0.39 is 0 Å². The topological polar surface area (TPSA) is 44.5 Å². The third kappa shape index (κ3) is 2.58. The van der Waals surface area contributed by atoms with Crippen LogP contribution in [0, 0.1) is 4.77 Å². The molecule has 4 heteroatoms. The first-order valence-electron chi connectivity index (χ1n) is 5.37. The van der Waals surface area contributed by atoms with E-state index in [9.17, 15) is 0 Å². The molecule has 1 aromatic carbocycles. The predicted octanol–water partition coefficient (Wildman–Crippen LogP) is 3.18. The summed E-state index contributed by atoms with van der Waals surface area (Å²) in [5, 5.41) is 5.75. The lowest BCUT2D eigenvalue weighted by molar-refractivity contribution is 0.864. The fourth-order valence-corrected chi connectivity index (χ4v) is 1.76. The number of aromatic amines is 2. The SMILES string of the molecule is CC(C)c1ccc(Cc2nc(=S)[nH][nH]2)cc1. The Morgan fingerprint density at radius 2 is 1.88 bits per heavy atom. The molecule has 0 aliphatic carbocycles. The van der Waals surface area contributed by atoms with Crippen molar-refractivity contribution in [2.45, 2.75) is 26.2 Å². The first-order chi connectivity index (χ1) is 7.65. The van der Waals surface area contributed by atoms with Crippen LogP contribution in [0.1, 0.15) is 36.7 Å². The van der Waals surface area contributed by atoms with Crippen molar-refractivity contribution < 1.29 is 0 Å². The quantitative estimate of drug-likeness (QED) is 0.800. The van der Waals surface area contributed by atoms with Gasteiger partial charge in [-0.25, -0.2) is 4.98 Å². The van der Waals surface area contributed by atoms with E-state index in [4.69, 9.17) is 12.2 Å². The van der Waals surface area contributed by atoms with Crippen LogP contribution in [0.15, 0.2) is 24.3 Å². The van der Waals surface area contributed by atoms with Gasteiger partial charge in [-0.2, -0.15) is 0 Å². The molecule has 0 aliphatic heterocycles. The van der Waals surface area contributed by atoms with Crippen molar-refractivity contribution in [1.82, 2.24) is 15.2 Å². The minimum Gasteiger partial charge on any atom is -0.285 e. The Kier molecular flexibility index (Phi) is 3.19. The highest BCUT2D eigenvalue weighted by molar-refractivity contribution is 7.71. The average molecular weight is 233 g/mol. The van der Waals surface area contributed by atoms with Gasteiger partial charge in [-0.05, 0) is 29.3 Å². The summed E-state index contributed by atoms with van der Waals surface area (Å²) in [5.74, 6) is 1.45. The summed E-state index contributed by atoms with van der Waals surface area (Å²) in [6.07, 6.45) is 0.783. The fraction of sp³-hybridized carbons (Fsp3) is 0.333. The van der Waals surface area contributed by atoms with Gasteiger partial charge >= 0.3 is 0 Å². The van der Waals surface area contributed by atoms with Crippen LogP contribution in [-0.2, 0) is 6.42 Å². The number of rotatable bonds is 3. The molecule has 2 aromatic rings. The Morgan fingerprint density at radius 1 is 1.19 bits per heavy atom. The van der Waals surface area contributed by atoms with E-state index in [1.54, 1.807) is 0 Å². The zero-order chi connectivity index (χ0) is 11.5. The summed E-state index contributed by atoms with van der Waals surface area (Å²) < 4.78 is 0.508. The van der Waals surface area contributed by atoms with Crippen LogP contribution in [0.4, 0.5) is 0 Å². The van der Waals surface area contributed by atoms with Crippen LogP contribution >= 0.6 is 12.2 Å². The second-order valence-electron chi connectivity index (χ2n) is 4.19. The summed E-state index contributed by atoms with van der Waals surface area (Å²) in [4.78, 5) is 4.17. The number of hydrogen-bond donors (Lipinski definition) is 2. The highest BCUT2D eigenvalue weighted by Gasteiger charge is 2.01. The van der Waals surface area contributed by atoms with Gasteiger partial charge in [0.1, 0.15) is 5.82 Å². The molecular formula is C12H15N3S. The number of aromatic nitrogens is 3. The van der Waals surface area contributed by atoms with Gasteiger partial charge in [-0.1, -0.05) is 38.1 Å². The second-order valence-corrected chi connectivity index (χ2v) is 4.57. The molecule has 0 aliphatic rings. The molecule has 2 N–H and O–H groups in total. The molecule has 16 heavy (non-hydrogen) atoms. The molecule has 0 bridgehead atoms. The molecular weight excluding hydrogens is 218 g/mol. The molecule has 3 nitrogen and oxygen atoms in total. The largest absolute Gasteiger partial charge is 0.285 e. The van der Waals surface area contributed by atoms with Gasteiger partial charge in [-0.3, -0.25) is 10.2 Å². The Balaban J connectivity index is 2.14. The van der Waals surface area contributed by atoms with Crippen molar-refractivity contribution in [3.63, 3.8) is 0 Å². The Hall–Kier alpha value is -1.42. The smallest absolute Gasteiger partial charge is 0.213 e. The first-order valence-corrected chi connectivity index (χ1v) is 5.78. The molecule has 0 unspecified atom stereocenters. The van der Waals surface area contributed by atoms with Gasteiger partial charge in [0.15, 0.2) is 0 Å². The van der Waals surface area contributed by atoms with Gasteiger partial charge in [0, 0.05) is 6.42 Å². The maximum atomic E-state index is 4.91. The highest BCUT2D eigenvalue weighted by Crippen LogP contribution is 2.15. The monoisotopic (exact) mass is 233 g/mol. The normalized spacial score (nSPS) is 10.9. The third-order valence-corrected chi connectivity index (χ3v) is 2.76. The van der Waals surface area contributed by atoms with E-state index in [-0.39, 0.29) is 0 Å². The Bertz CT molecular complexity index is 508. The molecule has 0 amide bonds. The van der Waals surface area contributed by atoms with Crippen LogP contribution in [0.2, 0.25) is 0 Å². The average Bonchev–Trinajstić information content (AvgIpc) is 2.65. The number of nitrogens with one attached hydrogen (secondary N) is 2. The Morgan fingerprint density at radius 3 is 2.38 bits per heavy atom. The van der Waals surface area contributed by atoms with Gasteiger partial charge in [0.05, 0.1) is 0 Å². The van der Waals surface area contributed by atoms with Crippen molar-refractivity contribution in [2.75, 3.05) is 0 Å². The van der Waals surface area contributed by atoms with E-state index in [1.165, 1.54) is 11.1 Å². The van der Waals surface area contributed by atoms with E-state index >= 15 is 0 Å². The molecule has 0 saturated heterocycles. The zero-order valence-corrected chi connectivity index (χ0v) is 10.3. The third-order valence-electron chi connectivity index (χ3n) is 2.57. The van der Waals surface area contributed by atoms with E-state index in [0.717, 1.165) is 12.2 Å². The predicted molar refractivity (Wildman–Crippen MR) is 67.1 cm³/mol. The molecule has 0 radical (unpaired) electrons. The van der Waals surface area contributed by atoms with Crippen molar-refractivity contribution >= 4 is 12.2 Å². The molecule has 0 spiro atoms. The summed E-state index contributed by atoms with van der Waals surface area (Å²) in [6.45, 7) is 4.39. The number of benzene rings is 1. The highest BCUT2D eigenvalue weighted by atomic mass is 32.1. The molecule has 2 rings (SSSR count). The van der Waals surface area contributed by atoms with Crippen molar-refractivity contribution in [2.24, 2.45) is 0 Å². The lowest BCUT2D eigenvalue weighted by Gasteiger charge is -2.05. The first kappa shape index (κ1) is 11.1. The van der Waals surface area contributed by atoms with Gasteiger partial charge < -0.3 is 0 Å². The lowest BCUT2D eigenvalue weighted by Crippen LogP contribution is -1.92. The molecule has 84 valence electrons. The zero-order valence-electron chi connectivity index (χ0n) is 9.45. The standard InChI is InChI=1S/C12H15N3S/c1-8(2)10-5-3-9(4-6-10)7-11-13-12(16)15-14-11/h3-6,8H,7H2,1-2H3,(H2,13,14,15,16). The summed E-state index contributed by atoms with van der Waals surface area (Å²) >= 11 is 4.91. The van der Waals surface area contributed by atoms with Crippen LogP contribution in [-0.4, -0.2) is 15.2 Å². The number of nitrogens with zero attached hydrogens (tertiary/aromatic N) is 1. The number of hydrogen-bond acceptors (Lipinski definition) is 2. The maximum Gasteiger partial charge on any atom is 0.213 e. The van der Waals surface area contributed by atoms with Crippen molar-refractivity contribution in [3.8, 4) is 0 Å². The minimum atomic E-state index is 0.508. The molecule has 0 fully saturated rings. The summed E-state index contributed by atoms with van der Waals surface area (Å²) in [6, 6.07) is 8.62. The number of H-pyrrole nitrogens is 2. The van der Waals surface area contributed by atoms with Crippen LogP contribution in [0.5, 0.6) is 0 Å². The minimum absolute atomic E-state index is 0.508. The van der Waals surface area contributed by atoms with E-state index in [1.807, 2.05) is 0 Å². The van der Waals surface area contributed by atoms with Crippen LogP contribution in [0.3, 0.4) is 0 Å². The van der Waals surface area contributed by atoms with Crippen LogP contribution in [0.25, 0.3) is 0 Å². The lowest BCUT2D eigenvalue weighted by atomic mass is 10.0. The van der Waals surface area contributed by atoms with Crippen molar-refractivity contribution in [1.29, 1.82) is 0 Å². The van der Waals surface area contributed by atoms with Gasteiger partial charge in [0.2, 0.25) is 4.77 Å². The Labute approximate surface area is 99.9 Å². The second kappa shape index (κ2) is 4.61. The van der Waals surface area contributed by atoms with Gasteiger partial charge in [0.25, 0.3) is 0 Å². The van der Waals surface area contributed by atoms with Crippen molar-refractivity contribution in [3.05, 3.63) is 46.0 Å². The van der Waals surface area contributed by atoms with Crippen LogP contribution < -0.4 is 0 Å². The fourth-order valence-electron chi connectivity index (χ4n) is 1.60. The molecule has 1 aromatic heterocycles. The molecule has 0 saturated carbocycles. The molecule has 0 atom stereocenters. The summed E-state index contributed by atoms with van der Waals surface area (Å²) in [7, 11) is 0. The van der Waals surface area contributed by atoms with Gasteiger partial charge in [-0.15, -0.1) is 0 Å². The summed E-state index contributed by atoms with van der Waals surface area (Å²) in [5.41, 5.74) is 2.60. The molecule has 1 heterocycles. The maximum absolute atomic E-state index is 4.91.